The summed E-state index contributed by atoms with van der Waals surface area (Å²) >= 11 is 0. The molecule has 466 valence electrons. The number of benzene rings is 14. The van der Waals surface area contributed by atoms with E-state index >= 15 is 0 Å². The van der Waals surface area contributed by atoms with Crippen molar-refractivity contribution in [2.75, 3.05) is 9.80 Å². The Morgan fingerprint density at radius 3 is 1.19 bits per heavy atom. The highest BCUT2D eigenvalue weighted by Crippen LogP contribution is 2.68. The third-order valence-electron chi connectivity index (χ3n) is 22.7. The van der Waals surface area contributed by atoms with E-state index in [1.54, 1.807) is 0 Å². The highest BCUT2D eigenvalue weighted by molar-refractivity contribution is 6.15. The smallest absolute Gasteiger partial charge is 0.141 e. The van der Waals surface area contributed by atoms with Gasteiger partial charge in [0.15, 0.2) is 0 Å². The van der Waals surface area contributed by atoms with Crippen LogP contribution in [0, 0.1) is 11.3 Å². The molecule has 0 spiro atoms. The molecule has 0 radical (unpaired) electrons. The number of anilines is 6. The van der Waals surface area contributed by atoms with Gasteiger partial charge in [-0.25, -0.2) is 0 Å². The molecule has 2 aliphatic heterocycles. The molecule has 5 heterocycles. The maximum Gasteiger partial charge on any atom is 0.141 e. The van der Waals surface area contributed by atoms with Crippen LogP contribution in [0.4, 0.5) is 34.1 Å². The summed E-state index contributed by atoms with van der Waals surface area (Å²) < 4.78 is 17.2. The van der Waals surface area contributed by atoms with Crippen LogP contribution in [0.1, 0.15) is 101 Å². The van der Waals surface area contributed by atoms with Gasteiger partial charge in [0.05, 0.1) is 50.8 Å². The minimum absolute atomic E-state index is 0.297. The molecule has 6 nitrogen and oxygen atoms in total. The van der Waals surface area contributed by atoms with Crippen LogP contribution >= 0.6 is 0 Å². The molecule has 22 rings (SSSR count). The lowest BCUT2D eigenvalue weighted by molar-refractivity contribution is 0.602. The van der Waals surface area contributed by atoms with Gasteiger partial charge in [0.25, 0.3) is 0 Å². The number of fused-ring (bicyclic) bond motifs is 15. The molecular formula is C93H62N4O2. The van der Waals surface area contributed by atoms with Crippen LogP contribution in [0.25, 0.3) is 105 Å². The second kappa shape index (κ2) is 20.3. The lowest BCUT2D eigenvalue weighted by Gasteiger charge is -2.49. The minimum Gasteiger partial charge on any atom is -0.456 e. The Bertz CT molecular complexity index is 6350. The van der Waals surface area contributed by atoms with Crippen molar-refractivity contribution in [1.29, 1.82) is 5.26 Å². The van der Waals surface area contributed by atoms with Gasteiger partial charge in [-0.15, -0.1) is 0 Å². The van der Waals surface area contributed by atoms with Gasteiger partial charge >= 0.3 is 0 Å². The molecule has 3 aliphatic carbocycles. The van der Waals surface area contributed by atoms with Crippen molar-refractivity contribution in [3.63, 3.8) is 0 Å². The number of nitrogens with zero attached hydrogens (tertiary/aromatic N) is 4. The van der Waals surface area contributed by atoms with Crippen molar-refractivity contribution in [2.24, 2.45) is 0 Å². The van der Waals surface area contributed by atoms with Crippen LogP contribution in [-0.4, -0.2) is 4.57 Å². The van der Waals surface area contributed by atoms with E-state index in [2.05, 4.69) is 339 Å². The van der Waals surface area contributed by atoms with Crippen LogP contribution in [0.15, 0.2) is 300 Å². The highest BCUT2D eigenvalue weighted by Gasteiger charge is 2.52. The Kier molecular flexibility index (Phi) is 11.5. The first kappa shape index (κ1) is 55.8. The van der Waals surface area contributed by atoms with Gasteiger partial charge in [-0.1, -0.05) is 240 Å². The van der Waals surface area contributed by atoms with E-state index < -0.39 is 10.8 Å². The van der Waals surface area contributed by atoms with Crippen molar-refractivity contribution in [1.82, 2.24) is 4.57 Å². The largest absolute Gasteiger partial charge is 0.456 e. The summed E-state index contributed by atoms with van der Waals surface area (Å²) in [6, 6.07) is 110. The monoisotopic (exact) mass is 1270 g/mol. The average molecular weight is 1270 g/mol. The molecular weight excluding hydrogens is 1210 g/mol. The SMILES string of the molecule is CC1(C)c2cc(-c3ccccc3)ccc2N(c2c(C#N)c(N3c4ccc(-c5ccccc5)cc4C(C)(C)c4c3ccc3c4oc4ccccc43)c(-n3c4ccccc4c4cc(-c5ccccc5)ccc43)c3c2C2c4ccccc4C3c3ccccc32)c2ccc3c(oc4ccccc43)c21. The molecule has 0 atom stereocenters. The Morgan fingerprint density at radius 2 is 0.707 bits per heavy atom. The van der Waals surface area contributed by atoms with Gasteiger partial charge in [0, 0.05) is 66.1 Å². The Labute approximate surface area is 572 Å². The van der Waals surface area contributed by atoms with E-state index in [0.29, 0.717) is 5.56 Å². The number of furan rings is 2. The zero-order chi connectivity index (χ0) is 65.7. The number of hydrogen-bond acceptors (Lipinski definition) is 5. The lowest BCUT2D eigenvalue weighted by atomic mass is 9.59. The predicted molar refractivity (Wildman–Crippen MR) is 405 cm³/mol. The summed E-state index contributed by atoms with van der Waals surface area (Å²) in [6.07, 6.45) is 0. The predicted octanol–water partition coefficient (Wildman–Crippen LogP) is 24.7. The van der Waals surface area contributed by atoms with Crippen molar-refractivity contribution in [3.8, 4) is 45.1 Å². The molecule has 0 amide bonds. The van der Waals surface area contributed by atoms with Gasteiger partial charge < -0.3 is 23.2 Å². The first-order valence-corrected chi connectivity index (χ1v) is 34.4. The van der Waals surface area contributed by atoms with Crippen molar-refractivity contribution >= 4 is 99.8 Å². The van der Waals surface area contributed by atoms with E-state index in [1.165, 1.54) is 22.3 Å². The Balaban J connectivity index is 0.995. The molecule has 0 N–H and O–H groups in total. The van der Waals surface area contributed by atoms with Crippen molar-refractivity contribution < 1.29 is 8.83 Å². The topological polar surface area (TPSA) is 61.5 Å². The van der Waals surface area contributed by atoms with Crippen molar-refractivity contribution in [2.45, 2.75) is 50.4 Å². The fraction of sp³-hybridized carbons (Fsp3) is 0.0860. The molecule has 3 aromatic heterocycles. The summed E-state index contributed by atoms with van der Waals surface area (Å²) in [4.78, 5) is 5.02. The standard InChI is InChI=1S/C93H62N4O2/c1-92(2)71-51-58(55-26-10-6-11-27-55)41-46-75(71)96(77-48-43-67-61-31-19-22-38-79(61)98-90(67)85(77)92)87-70(53-94)88(97-76-47-42-59(56-28-12-7-13-29-56)52-72(76)93(3,4)86-78(97)49-44-68-62-32-20-23-39-80(62)99-91(68)86)89(84-82-65-35-16-14-33-63(65)81(83(84)87)64-34-15-17-36-66(64)82)95-73-37-21-18-30-60(73)69-50-57(40-45-74(69)95)54-24-8-5-9-25-54/h5-52,81-82H,1-4H3. The van der Waals surface area contributed by atoms with Crippen LogP contribution < -0.4 is 9.80 Å². The molecule has 0 unspecified atom stereocenters. The summed E-state index contributed by atoms with van der Waals surface area (Å²) in [5.74, 6) is -0.608. The summed E-state index contributed by atoms with van der Waals surface area (Å²) in [5, 5.41) is 20.2. The molecule has 0 saturated carbocycles. The van der Waals surface area contributed by atoms with Gasteiger partial charge in [0.1, 0.15) is 34.0 Å². The van der Waals surface area contributed by atoms with Gasteiger partial charge in [-0.05, 0) is 157 Å². The fourth-order valence-corrected chi connectivity index (χ4v) is 18.4. The third kappa shape index (κ3) is 7.54. The van der Waals surface area contributed by atoms with E-state index in [9.17, 15) is 5.26 Å². The molecule has 99 heavy (non-hydrogen) atoms. The summed E-state index contributed by atoms with van der Waals surface area (Å²) in [6.45, 7) is 9.46. The number of rotatable bonds is 6. The van der Waals surface area contributed by atoms with E-state index in [4.69, 9.17) is 8.83 Å². The molecule has 2 bridgehead atoms. The van der Waals surface area contributed by atoms with E-state index in [0.717, 1.165) is 172 Å². The number of hydrogen-bond donors (Lipinski definition) is 0. The minimum atomic E-state index is -0.647. The Hall–Kier alpha value is -12.4. The lowest BCUT2D eigenvalue weighted by Crippen LogP contribution is -2.36. The molecule has 5 aliphatic rings. The second-order valence-corrected chi connectivity index (χ2v) is 28.4. The first-order chi connectivity index (χ1) is 48.6. The zero-order valence-corrected chi connectivity index (χ0v) is 55.0. The maximum absolute atomic E-state index is 13.7. The zero-order valence-electron chi connectivity index (χ0n) is 55.0. The number of para-hydroxylation sites is 3. The van der Waals surface area contributed by atoms with Gasteiger partial charge in [-0.3, -0.25) is 0 Å². The van der Waals surface area contributed by atoms with Gasteiger partial charge in [-0.2, -0.15) is 5.26 Å². The maximum atomic E-state index is 13.7. The molecule has 14 aromatic carbocycles. The fourth-order valence-electron chi connectivity index (χ4n) is 18.4. The first-order valence-electron chi connectivity index (χ1n) is 34.4. The number of nitriles is 1. The summed E-state index contributed by atoms with van der Waals surface area (Å²) in [5.41, 5.74) is 29.5. The highest BCUT2D eigenvalue weighted by atomic mass is 16.3. The van der Waals surface area contributed by atoms with E-state index in [1.807, 2.05) is 0 Å². The molecule has 0 saturated heterocycles. The normalized spacial score (nSPS) is 15.8. The van der Waals surface area contributed by atoms with Crippen molar-refractivity contribution in [3.05, 3.63) is 352 Å². The molecule has 0 fully saturated rings. The van der Waals surface area contributed by atoms with Crippen LogP contribution in [0.2, 0.25) is 0 Å². The van der Waals surface area contributed by atoms with Crippen LogP contribution in [0.5, 0.6) is 0 Å². The summed E-state index contributed by atoms with van der Waals surface area (Å²) in [7, 11) is 0. The number of aromatic nitrogens is 1. The average Bonchev–Trinajstić information content (AvgIpc) is 1.62. The third-order valence-corrected chi connectivity index (χ3v) is 22.7. The molecule has 6 heteroatoms. The molecule has 17 aromatic rings. The Morgan fingerprint density at radius 1 is 0.323 bits per heavy atom. The quantitative estimate of drug-likeness (QED) is 0.166. The van der Waals surface area contributed by atoms with E-state index in [-0.39, 0.29) is 11.8 Å². The van der Waals surface area contributed by atoms with Gasteiger partial charge in [0.2, 0.25) is 0 Å². The van der Waals surface area contributed by atoms with Crippen LogP contribution in [0.3, 0.4) is 0 Å². The second-order valence-electron chi connectivity index (χ2n) is 28.4. The van der Waals surface area contributed by atoms with Crippen LogP contribution in [-0.2, 0) is 10.8 Å².